The number of halogens is 2. The van der Waals surface area contributed by atoms with Crippen LogP contribution in [-0.4, -0.2) is 19.4 Å². The third-order valence-electron chi connectivity index (χ3n) is 4.48. The van der Waals surface area contributed by atoms with Crippen molar-refractivity contribution in [3.05, 3.63) is 101 Å². The third-order valence-corrected chi connectivity index (χ3v) is 6.79. The molecule has 0 aliphatic rings. The van der Waals surface area contributed by atoms with Gasteiger partial charge in [-0.05, 0) is 36.4 Å². The lowest BCUT2D eigenvalue weighted by molar-refractivity contribution is 0.0468. The number of anilines is 1. The number of benzene rings is 3. The van der Waals surface area contributed by atoms with Gasteiger partial charge in [0.15, 0.2) is 11.6 Å². The SMILES string of the molecule is O=C(OCc1csc(-c2ccccc2)n1)c1cccc(NS(=O)(=O)c2ccc(F)c(F)c2)c1. The van der Waals surface area contributed by atoms with Gasteiger partial charge >= 0.3 is 5.97 Å². The van der Waals surface area contributed by atoms with E-state index in [-0.39, 0.29) is 17.9 Å². The first-order valence-corrected chi connectivity index (χ1v) is 11.9. The lowest BCUT2D eigenvalue weighted by Gasteiger charge is -2.10. The number of carbonyl (C=O) groups excluding carboxylic acids is 1. The van der Waals surface area contributed by atoms with Gasteiger partial charge in [-0.3, -0.25) is 4.72 Å². The summed E-state index contributed by atoms with van der Waals surface area (Å²) in [7, 11) is -4.19. The van der Waals surface area contributed by atoms with Gasteiger partial charge in [0.25, 0.3) is 10.0 Å². The van der Waals surface area contributed by atoms with Crippen LogP contribution in [0.25, 0.3) is 10.6 Å². The largest absolute Gasteiger partial charge is 0.456 e. The van der Waals surface area contributed by atoms with E-state index in [9.17, 15) is 22.0 Å². The molecule has 10 heteroatoms. The van der Waals surface area contributed by atoms with Gasteiger partial charge in [0, 0.05) is 16.6 Å². The fraction of sp³-hybridized carbons (Fsp3) is 0.0435. The van der Waals surface area contributed by atoms with Crippen LogP contribution in [0.15, 0.2) is 83.1 Å². The molecule has 0 spiro atoms. The monoisotopic (exact) mass is 486 g/mol. The Morgan fingerprint density at radius 2 is 1.76 bits per heavy atom. The topological polar surface area (TPSA) is 85.4 Å². The maximum Gasteiger partial charge on any atom is 0.338 e. The van der Waals surface area contributed by atoms with Crippen LogP contribution in [0.1, 0.15) is 16.1 Å². The Morgan fingerprint density at radius 3 is 2.52 bits per heavy atom. The number of aromatic nitrogens is 1. The minimum absolute atomic E-state index is 0.0486. The van der Waals surface area contributed by atoms with Gasteiger partial charge < -0.3 is 4.74 Å². The van der Waals surface area contributed by atoms with E-state index in [0.29, 0.717) is 11.8 Å². The molecule has 4 rings (SSSR count). The van der Waals surface area contributed by atoms with Crippen LogP contribution in [0.2, 0.25) is 0 Å². The summed E-state index contributed by atoms with van der Waals surface area (Å²) < 4.78 is 58.9. The number of hydrogen-bond acceptors (Lipinski definition) is 6. The van der Waals surface area contributed by atoms with Gasteiger partial charge in [0.1, 0.15) is 11.6 Å². The van der Waals surface area contributed by atoms with E-state index in [1.54, 1.807) is 5.38 Å². The normalized spacial score (nSPS) is 11.2. The Kier molecular flexibility index (Phi) is 6.47. The Balaban J connectivity index is 1.42. The second-order valence-corrected chi connectivity index (χ2v) is 9.39. The average molecular weight is 487 g/mol. The van der Waals surface area contributed by atoms with Crippen molar-refractivity contribution >= 4 is 33.0 Å². The summed E-state index contributed by atoms with van der Waals surface area (Å²) >= 11 is 1.43. The fourth-order valence-electron chi connectivity index (χ4n) is 2.88. The molecule has 33 heavy (non-hydrogen) atoms. The van der Waals surface area contributed by atoms with Crippen LogP contribution in [0.5, 0.6) is 0 Å². The maximum atomic E-state index is 13.4. The van der Waals surface area contributed by atoms with Crippen LogP contribution in [-0.2, 0) is 21.4 Å². The van der Waals surface area contributed by atoms with Gasteiger partial charge in [-0.2, -0.15) is 0 Å². The lowest BCUT2D eigenvalue weighted by atomic mass is 10.2. The van der Waals surface area contributed by atoms with Crippen molar-refractivity contribution in [2.45, 2.75) is 11.5 Å². The summed E-state index contributed by atoms with van der Waals surface area (Å²) in [6.07, 6.45) is 0. The molecule has 0 atom stereocenters. The smallest absolute Gasteiger partial charge is 0.338 e. The first-order chi connectivity index (χ1) is 15.8. The number of carbonyl (C=O) groups is 1. The number of rotatable bonds is 7. The number of nitrogens with one attached hydrogen (secondary N) is 1. The van der Waals surface area contributed by atoms with Crippen LogP contribution in [0, 0.1) is 11.6 Å². The van der Waals surface area contributed by atoms with Crippen LogP contribution in [0.4, 0.5) is 14.5 Å². The Morgan fingerprint density at radius 1 is 0.970 bits per heavy atom. The first-order valence-electron chi connectivity index (χ1n) is 9.57. The Bertz CT molecular complexity index is 1410. The molecule has 0 radical (unpaired) electrons. The first kappa shape index (κ1) is 22.6. The number of sulfonamides is 1. The summed E-state index contributed by atoms with van der Waals surface area (Å²) in [6.45, 7) is -0.0486. The number of hydrogen-bond donors (Lipinski definition) is 1. The van der Waals surface area contributed by atoms with Gasteiger partial charge in [-0.25, -0.2) is 27.0 Å². The molecule has 0 aliphatic carbocycles. The van der Waals surface area contributed by atoms with Crippen molar-refractivity contribution in [2.24, 2.45) is 0 Å². The van der Waals surface area contributed by atoms with Gasteiger partial charge in [-0.15, -0.1) is 11.3 Å². The summed E-state index contributed by atoms with van der Waals surface area (Å²) in [5.74, 6) is -3.11. The zero-order chi connectivity index (χ0) is 23.4. The van der Waals surface area contributed by atoms with Crippen LogP contribution in [0.3, 0.4) is 0 Å². The molecule has 1 N–H and O–H groups in total. The molecule has 1 aromatic heterocycles. The standard InChI is InChI=1S/C23H16F2N2O4S2/c24-20-10-9-19(12-21(20)25)33(29,30)27-17-8-4-7-16(11-17)23(28)31-13-18-14-32-22(26-18)15-5-2-1-3-6-15/h1-12,14,27H,13H2. The molecular formula is C23H16F2N2O4S2. The average Bonchev–Trinajstić information content (AvgIpc) is 3.29. The van der Waals surface area contributed by atoms with E-state index in [1.165, 1.54) is 35.6 Å². The number of nitrogens with zero attached hydrogens (tertiary/aromatic N) is 1. The van der Waals surface area contributed by atoms with Gasteiger partial charge in [0.2, 0.25) is 0 Å². The quantitative estimate of drug-likeness (QED) is 0.361. The number of thiazole rings is 1. The van der Waals surface area contributed by atoms with Crippen molar-refractivity contribution in [3.63, 3.8) is 0 Å². The van der Waals surface area contributed by atoms with Crippen molar-refractivity contribution in [3.8, 4) is 10.6 Å². The Labute approximate surface area is 192 Å². The van der Waals surface area contributed by atoms with Crippen molar-refractivity contribution in [1.29, 1.82) is 0 Å². The van der Waals surface area contributed by atoms with E-state index in [4.69, 9.17) is 4.74 Å². The summed E-state index contributed by atoms with van der Waals surface area (Å²) in [5.41, 5.74) is 1.72. The predicted octanol–water partition coefficient (Wildman–Crippen LogP) is 5.25. The molecule has 0 fully saturated rings. The molecule has 0 bridgehead atoms. The van der Waals surface area contributed by atoms with Crippen molar-refractivity contribution in [1.82, 2.24) is 4.98 Å². The van der Waals surface area contributed by atoms with Crippen LogP contribution >= 0.6 is 11.3 Å². The molecule has 0 unspecified atom stereocenters. The molecule has 4 aromatic rings. The van der Waals surface area contributed by atoms with Crippen LogP contribution < -0.4 is 4.72 Å². The molecule has 0 amide bonds. The van der Waals surface area contributed by atoms with E-state index in [1.807, 2.05) is 30.3 Å². The molecule has 168 valence electrons. The molecule has 3 aromatic carbocycles. The van der Waals surface area contributed by atoms with E-state index in [0.717, 1.165) is 22.7 Å². The lowest BCUT2D eigenvalue weighted by Crippen LogP contribution is -2.14. The minimum atomic E-state index is -4.19. The summed E-state index contributed by atoms with van der Waals surface area (Å²) in [5, 5.41) is 2.59. The highest BCUT2D eigenvalue weighted by Crippen LogP contribution is 2.24. The number of esters is 1. The second-order valence-electron chi connectivity index (χ2n) is 6.85. The second kappa shape index (κ2) is 9.47. The highest BCUT2D eigenvalue weighted by Gasteiger charge is 2.18. The zero-order valence-corrected chi connectivity index (χ0v) is 18.5. The molecule has 6 nitrogen and oxygen atoms in total. The zero-order valence-electron chi connectivity index (χ0n) is 16.9. The maximum absolute atomic E-state index is 13.4. The van der Waals surface area contributed by atoms with E-state index >= 15 is 0 Å². The molecule has 0 aliphatic heterocycles. The Hall–Kier alpha value is -3.63. The van der Waals surface area contributed by atoms with Gasteiger partial charge in [-0.1, -0.05) is 36.4 Å². The predicted molar refractivity (Wildman–Crippen MR) is 120 cm³/mol. The number of ether oxygens (including phenoxy) is 1. The summed E-state index contributed by atoms with van der Waals surface area (Å²) in [6, 6.07) is 17.5. The van der Waals surface area contributed by atoms with E-state index in [2.05, 4.69) is 9.71 Å². The third kappa shape index (κ3) is 5.41. The molecule has 0 saturated heterocycles. The molecular weight excluding hydrogens is 470 g/mol. The highest BCUT2D eigenvalue weighted by atomic mass is 32.2. The summed E-state index contributed by atoms with van der Waals surface area (Å²) in [4.78, 5) is 16.4. The van der Waals surface area contributed by atoms with Crippen molar-refractivity contribution < 1.29 is 26.7 Å². The van der Waals surface area contributed by atoms with Crippen molar-refractivity contribution in [2.75, 3.05) is 4.72 Å². The minimum Gasteiger partial charge on any atom is -0.456 e. The van der Waals surface area contributed by atoms with E-state index < -0.39 is 32.5 Å². The fourth-order valence-corrected chi connectivity index (χ4v) is 4.75. The van der Waals surface area contributed by atoms with Gasteiger partial charge in [0.05, 0.1) is 16.2 Å². The molecule has 0 saturated carbocycles. The highest BCUT2D eigenvalue weighted by molar-refractivity contribution is 7.92. The molecule has 1 heterocycles.